The lowest BCUT2D eigenvalue weighted by Crippen LogP contribution is -2.12. The van der Waals surface area contributed by atoms with E-state index in [1.54, 1.807) is 6.20 Å². The molecule has 0 saturated heterocycles. The number of aromatic nitrogens is 1. The minimum absolute atomic E-state index is 0.00739. The minimum atomic E-state index is -0.00739. The van der Waals surface area contributed by atoms with Crippen molar-refractivity contribution in [3.8, 4) is 0 Å². The van der Waals surface area contributed by atoms with Crippen LogP contribution in [0.25, 0.3) is 17.0 Å². The molecule has 27 heavy (non-hydrogen) atoms. The van der Waals surface area contributed by atoms with Gasteiger partial charge in [-0.2, -0.15) is 0 Å². The Morgan fingerprint density at radius 1 is 1.07 bits per heavy atom. The predicted octanol–water partition coefficient (Wildman–Crippen LogP) is 5.92. The maximum Gasteiger partial charge on any atom is 0.224 e. The van der Waals surface area contributed by atoms with E-state index >= 15 is 0 Å². The first kappa shape index (κ1) is 18.6. The molecule has 0 spiro atoms. The maximum absolute atomic E-state index is 12.5. The van der Waals surface area contributed by atoms with Gasteiger partial charge in [0.1, 0.15) is 0 Å². The number of amides is 1. The van der Waals surface area contributed by atoms with Crippen molar-refractivity contribution in [1.82, 2.24) is 4.98 Å². The van der Waals surface area contributed by atoms with Crippen molar-refractivity contribution in [3.63, 3.8) is 0 Å². The number of pyridine rings is 1. The van der Waals surface area contributed by atoms with Crippen molar-refractivity contribution in [1.29, 1.82) is 0 Å². The largest absolute Gasteiger partial charge is 0.324 e. The van der Waals surface area contributed by atoms with E-state index < -0.39 is 0 Å². The summed E-state index contributed by atoms with van der Waals surface area (Å²) in [7, 11) is 0. The van der Waals surface area contributed by atoms with Crippen LogP contribution in [0.15, 0.2) is 79.0 Å². The number of hydrogen-bond donors (Lipinski definition) is 1. The van der Waals surface area contributed by atoms with E-state index in [0.29, 0.717) is 12.8 Å². The Morgan fingerprint density at radius 3 is 2.63 bits per heavy atom. The molecular formula is C24H24N2O. The standard InChI is InChI=1S/C24H24N2O/c1-3-6-19(17-20-12-10-18(2)11-13-20)14-15-23(27)26-22-9-4-7-21-8-5-16-25-24(21)22/h3-5,7-13,16-17H,1,6,14-15H2,2H3,(H,26,27)/b19-17-. The molecule has 0 bridgehead atoms. The normalized spacial score (nSPS) is 11.4. The first-order valence-electron chi connectivity index (χ1n) is 9.16. The molecule has 0 unspecified atom stereocenters. The molecule has 0 aliphatic rings. The maximum atomic E-state index is 12.5. The number of nitrogens with one attached hydrogen (secondary N) is 1. The first-order chi connectivity index (χ1) is 13.2. The summed E-state index contributed by atoms with van der Waals surface area (Å²) in [5, 5.41) is 4.01. The van der Waals surface area contributed by atoms with Gasteiger partial charge >= 0.3 is 0 Å². The number of benzene rings is 2. The second kappa shape index (κ2) is 8.95. The summed E-state index contributed by atoms with van der Waals surface area (Å²) in [6, 6.07) is 18.1. The van der Waals surface area contributed by atoms with Crippen LogP contribution in [0.3, 0.4) is 0 Å². The Hall–Kier alpha value is -3.20. The van der Waals surface area contributed by atoms with Crippen molar-refractivity contribution in [2.75, 3.05) is 5.32 Å². The van der Waals surface area contributed by atoms with Gasteiger partial charge in [0.15, 0.2) is 0 Å². The van der Waals surface area contributed by atoms with E-state index in [9.17, 15) is 4.79 Å². The number of carbonyl (C=O) groups excluding carboxylic acids is 1. The predicted molar refractivity (Wildman–Crippen MR) is 114 cm³/mol. The topological polar surface area (TPSA) is 42.0 Å². The van der Waals surface area contributed by atoms with E-state index in [1.165, 1.54) is 11.1 Å². The zero-order valence-corrected chi connectivity index (χ0v) is 15.6. The summed E-state index contributed by atoms with van der Waals surface area (Å²) < 4.78 is 0. The highest BCUT2D eigenvalue weighted by Crippen LogP contribution is 2.22. The number of para-hydroxylation sites is 1. The molecule has 2 aromatic carbocycles. The highest BCUT2D eigenvalue weighted by Gasteiger charge is 2.08. The van der Waals surface area contributed by atoms with Crippen LogP contribution in [0.5, 0.6) is 0 Å². The van der Waals surface area contributed by atoms with Crippen LogP contribution >= 0.6 is 0 Å². The summed E-state index contributed by atoms with van der Waals surface area (Å²) in [5.41, 5.74) is 5.15. The van der Waals surface area contributed by atoms with Crippen molar-refractivity contribution < 1.29 is 4.79 Å². The van der Waals surface area contributed by atoms with Gasteiger partial charge in [0.25, 0.3) is 0 Å². The lowest BCUT2D eigenvalue weighted by molar-refractivity contribution is -0.116. The molecule has 0 aliphatic heterocycles. The van der Waals surface area contributed by atoms with Crippen molar-refractivity contribution >= 4 is 28.6 Å². The molecule has 0 radical (unpaired) electrons. The van der Waals surface area contributed by atoms with Crippen molar-refractivity contribution in [3.05, 3.63) is 90.1 Å². The van der Waals surface area contributed by atoms with Gasteiger partial charge in [-0.3, -0.25) is 9.78 Å². The zero-order chi connectivity index (χ0) is 19.1. The average Bonchev–Trinajstić information content (AvgIpc) is 2.68. The number of carbonyl (C=O) groups is 1. The van der Waals surface area contributed by atoms with Crippen LogP contribution in [0.4, 0.5) is 5.69 Å². The Balaban J connectivity index is 1.67. The Labute approximate surface area is 160 Å². The summed E-state index contributed by atoms with van der Waals surface area (Å²) in [6.45, 7) is 5.91. The quantitative estimate of drug-likeness (QED) is 0.534. The van der Waals surface area contributed by atoms with Crippen LogP contribution < -0.4 is 5.32 Å². The van der Waals surface area contributed by atoms with Gasteiger partial charge < -0.3 is 5.32 Å². The smallest absolute Gasteiger partial charge is 0.224 e. The molecule has 1 N–H and O–H groups in total. The van der Waals surface area contributed by atoms with Crippen LogP contribution in [0.2, 0.25) is 0 Å². The second-order valence-electron chi connectivity index (χ2n) is 6.63. The molecule has 0 atom stereocenters. The molecule has 0 saturated carbocycles. The van der Waals surface area contributed by atoms with Crippen LogP contribution in [-0.2, 0) is 4.79 Å². The fourth-order valence-electron chi connectivity index (χ4n) is 3.01. The molecule has 3 rings (SSSR count). The summed E-state index contributed by atoms with van der Waals surface area (Å²) in [4.78, 5) is 16.9. The van der Waals surface area contributed by atoms with Crippen molar-refractivity contribution in [2.24, 2.45) is 0 Å². The van der Waals surface area contributed by atoms with Gasteiger partial charge in [-0.25, -0.2) is 0 Å². The number of aryl methyl sites for hydroxylation is 1. The van der Waals surface area contributed by atoms with E-state index in [1.807, 2.05) is 36.4 Å². The average molecular weight is 356 g/mol. The summed E-state index contributed by atoms with van der Waals surface area (Å²) in [5.74, 6) is -0.00739. The molecule has 3 nitrogen and oxygen atoms in total. The van der Waals surface area contributed by atoms with Gasteiger partial charge in [0.05, 0.1) is 11.2 Å². The number of fused-ring (bicyclic) bond motifs is 1. The summed E-state index contributed by atoms with van der Waals surface area (Å²) >= 11 is 0. The fourth-order valence-corrected chi connectivity index (χ4v) is 3.01. The van der Waals surface area contributed by atoms with E-state index in [-0.39, 0.29) is 5.91 Å². The molecule has 0 fully saturated rings. The summed E-state index contributed by atoms with van der Waals surface area (Å²) in [6.07, 6.45) is 7.67. The molecular weight excluding hydrogens is 332 g/mol. The molecule has 1 aromatic heterocycles. The number of anilines is 1. The number of nitrogens with zero attached hydrogens (tertiary/aromatic N) is 1. The molecule has 1 heterocycles. The van der Waals surface area contributed by atoms with Gasteiger partial charge in [0.2, 0.25) is 5.91 Å². The second-order valence-corrected chi connectivity index (χ2v) is 6.63. The molecule has 1 amide bonds. The highest BCUT2D eigenvalue weighted by molar-refractivity contribution is 6.00. The van der Waals surface area contributed by atoms with Gasteiger partial charge in [-0.1, -0.05) is 65.8 Å². The zero-order valence-electron chi connectivity index (χ0n) is 15.6. The third kappa shape index (κ3) is 5.14. The van der Waals surface area contributed by atoms with Crippen molar-refractivity contribution in [2.45, 2.75) is 26.2 Å². The van der Waals surface area contributed by atoms with E-state index in [2.05, 4.69) is 54.1 Å². The lowest BCUT2D eigenvalue weighted by atomic mass is 10.0. The van der Waals surface area contributed by atoms with Gasteiger partial charge in [0, 0.05) is 18.0 Å². The molecule has 0 aliphatic carbocycles. The highest BCUT2D eigenvalue weighted by atomic mass is 16.1. The van der Waals surface area contributed by atoms with Gasteiger partial charge in [-0.05, 0) is 37.5 Å². The minimum Gasteiger partial charge on any atom is -0.324 e. The van der Waals surface area contributed by atoms with E-state index in [0.717, 1.165) is 28.6 Å². The number of rotatable bonds is 7. The Bertz CT molecular complexity index is 966. The van der Waals surface area contributed by atoms with Crippen LogP contribution in [-0.4, -0.2) is 10.9 Å². The Kier molecular flexibility index (Phi) is 6.16. The third-order valence-corrected chi connectivity index (χ3v) is 4.43. The number of allylic oxidation sites excluding steroid dienone is 2. The fraction of sp³-hybridized carbons (Fsp3) is 0.167. The van der Waals surface area contributed by atoms with Gasteiger partial charge in [-0.15, -0.1) is 6.58 Å². The molecule has 3 heteroatoms. The van der Waals surface area contributed by atoms with Crippen LogP contribution in [0.1, 0.15) is 30.4 Å². The molecule has 3 aromatic rings. The number of hydrogen-bond acceptors (Lipinski definition) is 2. The Morgan fingerprint density at radius 2 is 1.85 bits per heavy atom. The van der Waals surface area contributed by atoms with E-state index in [4.69, 9.17) is 0 Å². The molecule has 136 valence electrons. The van der Waals surface area contributed by atoms with Crippen LogP contribution in [0, 0.1) is 6.92 Å². The first-order valence-corrected chi connectivity index (χ1v) is 9.16. The third-order valence-electron chi connectivity index (χ3n) is 4.43. The lowest BCUT2D eigenvalue weighted by Gasteiger charge is -2.09. The monoisotopic (exact) mass is 356 g/mol. The SMILES string of the molecule is C=CC/C(=C/c1ccc(C)cc1)CCC(=O)Nc1cccc2cccnc12.